The fourth-order valence-electron chi connectivity index (χ4n) is 4.29. The monoisotopic (exact) mass is 371 g/mol. The van der Waals surface area contributed by atoms with Crippen LogP contribution in [-0.2, 0) is 19.4 Å². The van der Waals surface area contributed by atoms with Crippen molar-refractivity contribution in [3.05, 3.63) is 65.1 Å². The summed E-state index contributed by atoms with van der Waals surface area (Å²) in [5, 5.41) is 13.5. The minimum absolute atomic E-state index is 0.343. The summed E-state index contributed by atoms with van der Waals surface area (Å²) in [5.41, 5.74) is 8.50. The number of hydrogen-bond acceptors (Lipinski definition) is 3. The maximum Gasteiger partial charge on any atom is 0.158 e. The number of nitrogens with zero attached hydrogens (tertiary/aromatic N) is 4. The van der Waals surface area contributed by atoms with Gasteiger partial charge >= 0.3 is 0 Å². The maximum atomic E-state index is 4.74. The van der Waals surface area contributed by atoms with Crippen LogP contribution in [0, 0.1) is 12.3 Å². The van der Waals surface area contributed by atoms with E-state index in [4.69, 9.17) is 4.98 Å². The molecule has 0 fully saturated rings. The van der Waals surface area contributed by atoms with Gasteiger partial charge in [0.1, 0.15) is 0 Å². The molecule has 0 spiro atoms. The van der Waals surface area contributed by atoms with Crippen molar-refractivity contribution in [3.63, 3.8) is 0 Å². The van der Waals surface area contributed by atoms with Gasteiger partial charge in [-0.2, -0.15) is 10.2 Å². The fraction of sp³-hybridized carbons (Fsp3) is 0.348. The number of fused-ring (bicyclic) bond motifs is 2. The molecule has 0 aliphatic heterocycles. The average molecular weight is 371 g/mol. The molecule has 3 aromatic heterocycles. The van der Waals surface area contributed by atoms with E-state index in [1.807, 2.05) is 17.1 Å². The molecule has 0 saturated heterocycles. The molecular weight excluding hydrogens is 346 g/mol. The van der Waals surface area contributed by atoms with E-state index < -0.39 is 0 Å². The lowest BCUT2D eigenvalue weighted by Gasteiger charge is -2.29. The van der Waals surface area contributed by atoms with Crippen molar-refractivity contribution in [2.75, 3.05) is 0 Å². The molecule has 142 valence electrons. The van der Waals surface area contributed by atoms with Crippen LogP contribution in [0.25, 0.3) is 22.3 Å². The van der Waals surface area contributed by atoms with Gasteiger partial charge in [0.05, 0.1) is 18.4 Å². The van der Waals surface area contributed by atoms with Gasteiger partial charge in [-0.3, -0.25) is 5.10 Å². The Morgan fingerprint density at radius 2 is 2.07 bits per heavy atom. The lowest BCUT2D eigenvalue weighted by atomic mass is 9.76. The molecule has 0 saturated carbocycles. The van der Waals surface area contributed by atoms with Crippen molar-refractivity contribution in [1.82, 2.24) is 25.0 Å². The number of nitrogens with one attached hydrogen (secondary N) is 1. The average Bonchev–Trinajstić information content (AvgIpc) is 3.24. The number of benzene rings is 1. The molecule has 0 unspecified atom stereocenters. The molecule has 1 aliphatic rings. The molecule has 28 heavy (non-hydrogen) atoms. The SMILES string of the molecule is Cc1cccc(Cn2ncc3cc(-c4n[nH]c5c4CCC(C)(C)C5)cnc32)c1. The second-order valence-corrected chi connectivity index (χ2v) is 8.80. The molecule has 5 rings (SSSR count). The zero-order valence-corrected chi connectivity index (χ0v) is 16.7. The Kier molecular flexibility index (Phi) is 3.86. The molecule has 0 radical (unpaired) electrons. The first-order valence-electron chi connectivity index (χ1n) is 9.92. The fourth-order valence-corrected chi connectivity index (χ4v) is 4.29. The number of aromatic amines is 1. The molecule has 1 N–H and O–H groups in total. The van der Waals surface area contributed by atoms with Gasteiger partial charge in [0, 0.05) is 28.4 Å². The van der Waals surface area contributed by atoms with E-state index in [-0.39, 0.29) is 0 Å². The van der Waals surface area contributed by atoms with Gasteiger partial charge in [-0.25, -0.2) is 9.67 Å². The largest absolute Gasteiger partial charge is 0.282 e. The summed E-state index contributed by atoms with van der Waals surface area (Å²) in [5.74, 6) is 0. The van der Waals surface area contributed by atoms with Gasteiger partial charge in [0.25, 0.3) is 0 Å². The minimum Gasteiger partial charge on any atom is -0.282 e. The molecule has 3 heterocycles. The van der Waals surface area contributed by atoms with Gasteiger partial charge < -0.3 is 0 Å². The first kappa shape index (κ1) is 17.2. The smallest absolute Gasteiger partial charge is 0.158 e. The maximum absolute atomic E-state index is 4.74. The third-order valence-electron chi connectivity index (χ3n) is 5.82. The number of pyridine rings is 1. The number of H-pyrrole nitrogens is 1. The Labute approximate surface area is 164 Å². The third-order valence-corrected chi connectivity index (χ3v) is 5.82. The van der Waals surface area contributed by atoms with Crippen LogP contribution < -0.4 is 0 Å². The molecule has 5 nitrogen and oxygen atoms in total. The number of aromatic nitrogens is 5. The second-order valence-electron chi connectivity index (χ2n) is 8.80. The van der Waals surface area contributed by atoms with Crippen LogP contribution in [0.4, 0.5) is 0 Å². The van der Waals surface area contributed by atoms with E-state index in [0.717, 1.165) is 41.7 Å². The molecule has 4 aromatic rings. The van der Waals surface area contributed by atoms with Crippen LogP contribution in [0.15, 0.2) is 42.7 Å². The van der Waals surface area contributed by atoms with Crippen molar-refractivity contribution in [1.29, 1.82) is 0 Å². The summed E-state index contributed by atoms with van der Waals surface area (Å²) in [7, 11) is 0. The van der Waals surface area contributed by atoms with E-state index in [9.17, 15) is 0 Å². The van der Waals surface area contributed by atoms with Crippen molar-refractivity contribution in [2.45, 2.75) is 46.6 Å². The van der Waals surface area contributed by atoms with Crippen molar-refractivity contribution in [2.24, 2.45) is 5.41 Å². The van der Waals surface area contributed by atoms with Crippen molar-refractivity contribution < 1.29 is 0 Å². The zero-order valence-electron chi connectivity index (χ0n) is 16.7. The van der Waals surface area contributed by atoms with E-state index in [1.165, 1.54) is 28.8 Å². The summed E-state index contributed by atoms with van der Waals surface area (Å²) in [6.07, 6.45) is 7.16. The highest BCUT2D eigenvalue weighted by molar-refractivity contribution is 5.81. The van der Waals surface area contributed by atoms with E-state index in [1.54, 1.807) is 0 Å². The lowest BCUT2D eigenvalue weighted by molar-refractivity contribution is 0.312. The van der Waals surface area contributed by atoms with Crippen LogP contribution in [0.2, 0.25) is 0 Å². The minimum atomic E-state index is 0.343. The molecule has 0 atom stereocenters. The Hall–Kier alpha value is -2.95. The zero-order chi connectivity index (χ0) is 19.3. The lowest BCUT2D eigenvalue weighted by Crippen LogP contribution is -2.21. The van der Waals surface area contributed by atoms with E-state index >= 15 is 0 Å². The van der Waals surface area contributed by atoms with Crippen LogP contribution >= 0.6 is 0 Å². The molecule has 0 bridgehead atoms. The summed E-state index contributed by atoms with van der Waals surface area (Å²) in [4.78, 5) is 4.74. The summed E-state index contributed by atoms with van der Waals surface area (Å²) in [6.45, 7) is 7.49. The highest BCUT2D eigenvalue weighted by Crippen LogP contribution is 2.38. The Morgan fingerprint density at radius 3 is 2.93 bits per heavy atom. The molecule has 1 aliphatic carbocycles. The predicted octanol–water partition coefficient (Wildman–Crippen LogP) is 4.69. The first-order valence-corrected chi connectivity index (χ1v) is 9.92. The van der Waals surface area contributed by atoms with E-state index in [0.29, 0.717) is 5.41 Å². The molecule has 1 aromatic carbocycles. The van der Waals surface area contributed by atoms with Gasteiger partial charge in [-0.15, -0.1) is 0 Å². The summed E-state index contributed by atoms with van der Waals surface area (Å²) < 4.78 is 1.97. The van der Waals surface area contributed by atoms with Gasteiger partial charge in [0.15, 0.2) is 5.65 Å². The van der Waals surface area contributed by atoms with Crippen molar-refractivity contribution >= 4 is 11.0 Å². The predicted molar refractivity (Wildman–Crippen MR) is 111 cm³/mol. The van der Waals surface area contributed by atoms with Gasteiger partial charge in [-0.05, 0) is 43.2 Å². The van der Waals surface area contributed by atoms with E-state index in [2.05, 4.69) is 66.4 Å². The van der Waals surface area contributed by atoms with Gasteiger partial charge in [-0.1, -0.05) is 43.7 Å². The van der Waals surface area contributed by atoms with Crippen LogP contribution in [0.1, 0.15) is 42.7 Å². The highest BCUT2D eigenvalue weighted by Gasteiger charge is 2.29. The first-order chi connectivity index (χ1) is 13.5. The number of hydrogen-bond donors (Lipinski definition) is 1. The standard InChI is InChI=1S/C23H25N5/c1-15-5-4-6-16(9-15)14-28-22-18(13-25-28)10-17(12-24-22)21-19-7-8-23(2,3)11-20(19)26-27-21/h4-6,9-10,12-13H,7-8,11,14H2,1-3H3,(H,26,27). The summed E-state index contributed by atoms with van der Waals surface area (Å²) in [6, 6.07) is 10.7. The number of rotatable bonds is 3. The molecular formula is C23H25N5. The Balaban J connectivity index is 1.48. The summed E-state index contributed by atoms with van der Waals surface area (Å²) >= 11 is 0. The second kappa shape index (κ2) is 6.30. The van der Waals surface area contributed by atoms with Gasteiger partial charge in [0.2, 0.25) is 0 Å². The van der Waals surface area contributed by atoms with Crippen LogP contribution in [-0.4, -0.2) is 25.0 Å². The van der Waals surface area contributed by atoms with Crippen molar-refractivity contribution in [3.8, 4) is 11.3 Å². The topological polar surface area (TPSA) is 59.4 Å². The van der Waals surface area contributed by atoms with Crippen LogP contribution in [0.5, 0.6) is 0 Å². The molecule has 0 amide bonds. The Bertz CT molecular complexity index is 1160. The quantitative estimate of drug-likeness (QED) is 0.568. The highest BCUT2D eigenvalue weighted by atomic mass is 15.3. The Morgan fingerprint density at radius 1 is 1.18 bits per heavy atom. The van der Waals surface area contributed by atoms with Crippen LogP contribution in [0.3, 0.4) is 0 Å². The third kappa shape index (κ3) is 3.01. The number of aryl methyl sites for hydroxylation is 1. The normalized spacial score (nSPS) is 15.7. The molecule has 5 heteroatoms.